The summed E-state index contributed by atoms with van der Waals surface area (Å²) in [6.45, 7) is 0.0575. The normalized spacial score (nSPS) is 10.3. The van der Waals surface area contributed by atoms with Crippen LogP contribution in [0.15, 0.2) is 36.4 Å². The van der Waals surface area contributed by atoms with E-state index in [0.717, 1.165) is 12.1 Å². The predicted octanol–water partition coefficient (Wildman–Crippen LogP) is 3.13. The Kier molecular flexibility index (Phi) is 4.20. The van der Waals surface area contributed by atoms with Gasteiger partial charge in [0.15, 0.2) is 11.6 Å². The molecular formula is C14H11ClF2N2O. The number of anilines is 1. The highest BCUT2D eigenvalue weighted by atomic mass is 35.5. The number of nitrogens with two attached hydrogens (primary N) is 1. The Labute approximate surface area is 119 Å². The predicted molar refractivity (Wildman–Crippen MR) is 73.4 cm³/mol. The SMILES string of the molecule is Nc1c(Cl)cccc1C(=O)NCc1ccc(F)c(F)c1. The molecule has 20 heavy (non-hydrogen) atoms. The molecular weight excluding hydrogens is 286 g/mol. The first-order valence-electron chi connectivity index (χ1n) is 5.75. The second kappa shape index (κ2) is 5.88. The van der Waals surface area contributed by atoms with E-state index in [-0.39, 0.29) is 22.8 Å². The lowest BCUT2D eigenvalue weighted by molar-refractivity contribution is 0.0951. The van der Waals surface area contributed by atoms with Crippen molar-refractivity contribution in [1.82, 2.24) is 5.32 Å². The van der Waals surface area contributed by atoms with Gasteiger partial charge in [-0.3, -0.25) is 4.79 Å². The Morgan fingerprint density at radius 2 is 1.95 bits per heavy atom. The highest BCUT2D eigenvalue weighted by Crippen LogP contribution is 2.22. The molecule has 1 amide bonds. The molecule has 6 heteroatoms. The van der Waals surface area contributed by atoms with Crippen LogP contribution < -0.4 is 11.1 Å². The van der Waals surface area contributed by atoms with Crippen molar-refractivity contribution >= 4 is 23.2 Å². The minimum atomic E-state index is -0.959. The van der Waals surface area contributed by atoms with Gasteiger partial charge in [0.25, 0.3) is 5.91 Å². The minimum absolute atomic E-state index is 0.0575. The van der Waals surface area contributed by atoms with Gasteiger partial charge in [0.2, 0.25) is 0 Å². The van der Waals surface area contributed by atoms with Gasteiger partial charge in [-0.1, -0.05) is 23.7 Å². The summed E-state index contributed by atoms with van der Waals surface area (Å²) in [5.74, 6) is -2.33. The molecule has 0 aliphatic rings. The maximum atomic E-state index is 13.0. The van der Waals surface area contributed by atoms with Crippen molar-refractivity contribution in [2.75, 3.05) is 5.73 Å². The number of amides is 1. The number of para-hydroxylation sites is 1. The summed E-state index contributed by atoms with van der Waals surface area (Å²) < 4.78 is 25.8. The number of halogens is 3. The molecule has 3 N–H and O–H groups in total. The smallest absolute Gasteiger partial charge is 0.253 e. The third-order valence-corrected chi connectivity index (χ3v) is 3.06. The molecule has 0 heterocycles. The number of nitrogen functional groups attached to an aromatic ring is 1. The van der Waals surface area contributed by atoms with E-state index in [1.165, 1.54) is 12.1 Å². The number of carbonyl (C=O) groups excluding carboxylic acids is 1. The summed E-state index contributed by atoms with van der Waals surface area (Å²) in [6.07, 6.45) is 0. The van der Waals surface area contributed by atoms with Crippen molar-refractivity contribution in [2.45, 2.75) is 6.54 Å². The van der Waals surface area contributed by atoms with E-state index in [1.807, 2.05) is 0 Å². The Morgan fingerprint density at radius 3 is 2.65 bits per heavy atom. The molecule has 0 fully saturated rings. The van der Waals surface area contributed by atoms with Gasteiger partial charge in [0.1, 0.15) is 0 Å². The molecule has 2 aromatic carbocycles. The third-order valence-electron chi connectivity index (χ3n) is 2.73. The molecule has 0 saturated heterocycles. The summed E-state index contributed by atoms with van der Waals surface area (Å²) in [6, 6.07) is 8.12. The van der Waals surface area contributed by atoms with Crippen LogP contribution in [0, 0.1) is 11.6 Å². The van der Waals surface area contributed by atoms with E-state index in [2.05, 4.69) is 5.32 Å². The van der Waals surface area contributed by atoms with Gasteiger partial charge in [-0.15, -0.1) is 0 Å². The average Bonchev–Trinajstić information content (AvgIpc) is 2.43. The number of hydrogen-bond acceptors (Lipinski definition) is 2. The van der Waals surface area contributed by atoms with E-state index in [1.54, 1.807) is 12.1 Å². The van der Waals surface area contributed by atoms with Crippen molar-refractivity contribution in [1.29, 1.82) is 0 Å². The van der Waals surface area contributed by atoms with Crippen LogP contribution in [0.4, 0.5) is 14.5 Å². The van der Waals surface area contributed by atoms with E-state index < -0.39 is 17.5 Å². The van der Waals surface area contributed by atoms with Crippen LogP contribution >= 0.6 is 11.6 Å². The van der Waals surface area contributed by atoms with Crippen LogP contribution in [0.1, 0.15) is 15.9 Å². The average molecular weight is 297 g/mol. The van der Waals surface area contributed by atoms with Crippen LogP contribution in [0.25, 0.3) is 0 Å². The van der Waals surface area contributed by atoms with Crippen molar-refractivity contribution < 1.29 is 13.6 Å². The number of benzene rings is 2. The van der Waals surface area contributed by atoms with Crippen LogP contribution in [0.3, 0.4) is 0 Å². The van der Waals surface area contributed by atoms with Crippen LogP contribution in [-0.4, -0.2) is 5.91 Å². The van der Waals surface area contributed by atoms with Gasteiger partial charge in [-0.25, -0.2) is 8.78 Å². The Bertz CT molecular complexity index is 662. The number of rotatable bonds is 3. The third kappa shape index (κ3) is 3.05. The fourth-order valence-corrected chi connectivity index (χ4v) is 1.84. The quantitative estimate of drug-likeness (QED) is 0.855. The van der Waals surface area contributed by atoms with Gasteiger partial charge < -0.3 is 11.1 Å². The van der Waals surface area contributed by atoms with Crippen molar-refractivity contribution in [3.8, 4) is 0 Å². The van der Waals surface area contributed by atoms with Crippen LogP contribution in [0.5, 0.6) is 0 Å². The zero-order valence-corrected chi connectivity index (χ0v) is 11.0. The Hall–Kier alpha value is -2.14. The largest absolute Gasteiger partial charge is 0.397 e. The molecule has 0 aliphatic carbocycles. The van der Waals surface area contributed by atoms with Gasteiger partial charge >= 0.3 is 0 Å². The summed E-state index contributed by atoms with van der Waals surface area (Å²) in [5, 5.41) is 2.85. The molecule has 0 radical (unpaired) electrons. The van der Waals surface area contributed by atoms with E-state index >= 15 is 0 Å². The summed E-state index contributed by atoms with van der Waals surface area (Å²) in [7, 11) is 0. The van der Waals surface area contributed by atoms with Crippen LogP contribution in [-0.2, 0) is 6.54 Å². The van der Waals surface area contributed by atoms with Gasteiger partial charge in [-0.05, 0) is 29.8 Å². The highest BCUT2D eigenvalue weighted by Gasteiger charge is 2.11. The summed E-state index contributed by atoms with van der Waals surface area (Å²) >= 11 is 5.82. The number of carbonyl (C=O) groups is 1. The molecule has 0 aliphatic heterocycles. The molecule has 0 saturated carbocycles. The molecule has 0 spiro atoms. The fourth-order valence-electron chi connectivity index (χ4n) is 1.66. The maximum absolute atomic E-state index is 13.0. The lowest BCUT2D eigenvalue weighted by Crippen LogP contribution is -2.24. The highest BCUT2D eigenvalue weighted by molar-refractivity contribution is 6.33. The molecule has 0 atom stereocenters. The molecule has 0 bridgehead atoms. The molecule has 2 aromatic rings. The monoisotopic (exact) mass is 296 g/mol. The first-order valence-corrected chi connectivity index (χ1v) is 6.13. The molecule has 104 valence electrons. The fraction of sp³-hybridized carbons (Fsp3) is 0.0714. The maximum Gasteiger partial charge on any atom is 0.253 e. The number of nitrogens with one attached hydrogen (secondary N) is 1. The van der Waals surface area contributed by atoms with Gasteiger partial charge in [-0.2, -0.15) is 0 Å². The lowest BCUT2D eigenvalue weighted by atomic mass is 10.1. The summed E-state index contributed by atoms with van der Waals surface area (Å²) in [5.41, 5.74) is 6.55. The van der Waals surface area contributed by atoms with Crippen molar-refractivity contribution in [2.24, 2.45) is 0 Å². The second-order valence-electron chi connectivity index (χ2n) is 4.13. The number of hydrogen-bond donors (Lipinski definition) is 2. The molecule has 0 unspecified atom stereocenters. The zero-order valence-electron chi connectivity index (χ0n) is 10.3. The van der Waals surface area contributed by atoms with Crippen molar-refractivity contribution in [3.63, 3.8) is 0 Å². The lowest BCUT2D eigenvalue weighted by Gasteiger charge is -2.08. The standard InChI is InChI=1S/C14H11ClF2N2O/c15-10-3-1-2-9(13(10)18)14(20)19-7-8-4-5-11(16)12(17)6-8/h1-6H,7,18H2,(H,19,20). The zero-order chi connectivity index (χ0) is 14.7. The van der Waals surface area contributed by atoms with Crippen LogP contribution in [0.2, 0.25) is 5.02 Å². The Balaban J connectivity index is 2.08. The molecule has 2 rings (SSSR count). The van der Waals surface area contributed by atoms with Gasteiger partial charge in [0, 0.05) is 6.54 Å². The van der Waals surface area contributed by atoms with Crippen molar-refractivity contribution in [3.05, 3.63) is 64.2 Å². The topological polar surface area (TPSA) is 55.1 Å². The van der Waals surface area contributed by atoms with Gasteiger partial charge in [0.05, 0.1) is 16.3 Å². The van der Waals surface area contributed by atoms with E-state index in [9.17, 15) is 13.6 Å². The Morgan fingerprint density at radius 1 is 1.20 bits per heavy atom. The van der Waals surface area contributed by atoms with E-state index in [4.69, 9.17) is 17.3 Å². The van der Waals surface area contributed by atoms with E-state index in [0.29, 0.717) is 5.56 Å². The first-order chi connectivity index (χ1) is 9.49. The second-order valence-corrected chi connectivity index (χ2v) is 4.54. The molecule has 0 aromatic heterocycles. The minimum Gasteiger partial charge on any atom is -0.397 e. The molecule has 3 nitrogen and oxygen atoms in total. The first kappa shape index (κ1) is 14.3. The summed E-state index contributed by atoms with van der Waals surface area (Å²) in [4.78, 5) is 11.9.